The molecule has 0 fully saturated rings. The monoisotopic (exact) mass is 288 g/mol. The van der Waals surface area contributed by atoms with Gasteiger partial charge in [-0.15, -0.1) is 0 Å². The normalized spacial score (nSPS) is 10.7. The third kappa shape index (κ3) is 3.44. The zero-order chi connectivity index (χ0) is 15.4. The van der Waals surface area contributed by atoms with Gasteiger partial charge >= 0.3 is 5.91 Å². The van der Waals surface area contributed by atoms with Crippen molar-refractivity contribution in [2.75, 3.05) is 0 Å². The number of aryl methyl sites for hydroxylation is 1. The molecule has 2 rings (SSSR count). The van der Waals surface area contributed by atoms with Gasteiger partial charge in [0, 0.05) is 11.6 Å². The molecule has 8 nitrogen and oxygen atoms in total. The van der Waals surface area contributed by atoms with Crippen LogP contribution >= 0.6 is 0 Å². The van der Waals surface area contributed by atoms with Crippen molar-refractivity contribution in [3.63, 3.8) is 0 Å². The highest BCUT2D eigenvalue weighted by molar-refractivity contribution is 5.92. The Morgan fingerprint density at radius 2 is 2.14 bits per heavy atom. The molecule has 1 heterocycles. The van der Waals surface area contributed by atoms with E-state index in [1.165, 1.54) is 18.3 Å². The molecule has 1 amide bonds. The van der Waals surface area contributed by atoms with Gasteiger partial charge in [-0.1, -0.05) is 12.1 Å². The molecule has 1 N–H and O–H groups in total. The minimum atomic E-state index is -0.774. The molecule has 0 saturated carbocycles. The van der Waals surface area contributed by atoms with Crippen LogP contribution in [-0.2, 0) is 0 Å². The summed E-state index contributed by atoms with van der Waals surface area (Å²) in [6.45, 7) is 1.70. The average molecular weight is 288 g/mol. The van der Waals surface area contributed by atoms with E-state index >= 15 is 0 Å². The molecular weight excluding hydrogens is 278 g/mol. The second-order valence-corrected chi connectivity index (χ2v) is 4.09. The Kier molecular flexibility index (Phi) is 3.98. The number of hydrogen-bond acceptors (Lipinski definition) is 6. The minimum Gasteiger partial charge on any atom is -0.868 e. The van der Waals surface area contributed by atoms with Crippen LogP contribution in [0.1, 0.15) is 21.9 Å². The number of nitro benzene ring substituents is 1. The number of carbonyl (C=O) groups excluding carboxylic acids is 1. The van der Waals surface area contributed by atoms with E-state index in [1.54, 1.807) is 13.0 Å². The fourth-order valence-corrected chi connectivity index (χ4v) is 1.53. The van der Waals surface area contributed by atoms with Gasteiger partial charge in [0.2, 0.25) is 0 Å². The predicted octanol–water partition coefficient (Wildman–Crippen LogP) is 1.33. The lowest BCUT2D eigenvalue weighted by Gasteiger charge is -2.05. The molecule has 1 aromatic carbocycles. The number of furan rings is 1. The van der Waals surface area contributed by atoms with Crippen molar-refractivity contribution in [2.45, 2.75) is 6.92 Å². The van der Waals surface area contributed by atoms with Crippen molar-refractivity contribution < 1.29 is 19.2 Å². The van der Waals surface area contributed by atoms with Crippen LogP contribution in [0.4, 0.5) is 5.69 Å². The number of hydrogen-bond donors (Lipinski definition) is 1. The Hall–Kier alpha value is -3.16. The summed E-state index contributed by atoms with van der Waals surface area (Å²) >= 11 is 0. The van der Waals surface area contributed by atoms with E-state index in [2.05, 4.69) is 10.5 Å². The summed E-state index contributed by atoms with van der Waals surface area (Å²) in [6, 6.07) is 6.64. The first-order valence-electron chi connectivity index (χ1n) is 5.82. The molecule has 0 aliphatic rings. The van der Waals surface area contributed by atoms with Crippen LogP contribution in [0.3, 0.4) is 0 Å². The fourth-order valence-electron chi connectivity index (χ4n) is 1.53. The summed E-state index contributed by atoms with van der Waals surface area (Å²) in [5.74, 6) is -0.544. The van der Waals surface area contributed by atoms with Crippen LogP contribution in [0.2, 0.25) is 0 Å². The van der Waals surface area contributed by atoms with Crippen molar-refractivity contribution in [2.24, 2.45) is 5.10 Å². The van der Waals surface area contributed by atoms with Gasteiger partial charge in [-0.25, -0.2) is 5.43 Å². The van der Waals surface area contributed by atoms with Gasteiger partial charge in [-0.3, -0.25) is 14.9 Å². The van der Waals surface area contributed by atoms with E-state index in [-0.39, 0.29) is 5.76 Å². The zero-order valence-electron chi connectivity index (χ0n) is 10.9. The molecule has 0 unspecified atom stereocenters. The molecule has 21 heavy (non-hydrogen) atoms. The van der Waals surface area contributed by atoms with Crippen molar-refractivity contribution in [3.05, 3.63) is 57.5 Å². The SMILES string of the molecule is Cc1ccc(C(=O)N/N=C\c2ccc([O-])c([N+](=O)[O-])c2)o1. The van der Waals surface area contributed by atoms with E-state index < -0.39 is 22.3 Å². The quantitative estimate of drug-likeness (QED) is 0.517. The summed E-state index contributed by atoms with van der Waals surface area (Å²) in [4.78, 5) is 21.4. The highest BCUT2D eigenvalue weighted by Gasteiger charge is 2.09. The van der Waals surface area contributed by atoms with Crippen molar-refractivity contribution in [3.8, 4) is 5.75 Å². The smallest absolute Gasteiger partial charge is 0.307 e. The van der Waals surface area contributed by atoms with Gasteiger partial charge in [0.1, 0.15) is 5.76 Å². The Morgan fingerprint density at radius 3 is 2.76 bits per heavy atom. The zero-order valence-corrected chi connectivity index (χ0v) is 10.9. The number of amides is 1. The Morgan fingerprint density at radius 1 is 1.38 bits per heavy atom. The van der Waals surface area contributed by atoms with Crippen molar-refractivity contribution in [1.29, 1.82) is 0 Å². The molecule has 0 bridgehead atoms. The second kappa shape index (κ2) is 5.87. The summed E-state index contributed by atoms with van der Waals surface area (Å²) < 4.78 is 5.10. The van der Waals surface area contributed by atoms with Crippen LogP contribution in [0.5, 0.6) is 5.75 Å². The first kappa shape index (κ1) is 14.3. The Bertz CT molecular complexity index is 720. The Labute approximate surface area is 118 Å². The van der Waals surface area contributed by atoms with Crippen LogP contribution in [0, 0.1) is 17.0 Å². The number of hydrazone groups is 1. The molecule has 0 aliphatic heterocycles. The van der Waals surface area contributed by atoms with E-state index in [0.29, 0.717) is 11.3 Å². The number of nitrogens with one attached hydrogen (secondary N) is 1. The molecular formula is C13H10N3O5-. The lowest BCUT2D eigenvalue weighted by molar-refractivity contribution is -0.398. The maximum absolute atomic E-state index is 11.6. The Balaban J connectivity index is 2.06. The molecule has 0 saturated heterocycles. The number of rotatable bonds is 4. The van der Waals surface area contributed by atoms with Crippen LogP contribution < -0.4 is 10.5 Å². The molecule has 0 aliphatic carbocycles. The van der Waals surface area contributed by atoms with E-state index in [4.69, 9.17) is 4.42 Å². The molecule has 108 valence electrons. The van der Waals surface area contributed by atoms with Crippen LogP contribution in [0.15, 0.2) is 39.9 Å². The van der Waals surface area contributed by atoms with Gasteiger partial charge in [-0.05, 0) is 24.8 Å². The first-order chi connectivity index (χ1) is 9.97. The van der Waals surface area contributed by atoms with Crippen LogP contribution in [-0.4, -0.2) is 17.0 Å². The number of nitrogens with zero attached hydrogens (tertiary/aromatic N) is 2. The fraction of sp³-hybridized carbons (Fsp3) is 0.0769. The van der Waals surface area contributed by atoms with Gasteiger partial charge < -0.3 is 9.52 Å². The minimum absolute atomic E-state index is 0.102. The summed E-state index contributed by atoms with van der Waals surface area (Å²) in [5.41, 5.74) is 1.98. The average Bonchev–Trinajstić information content (AvgIpc) is 2.87. The second-order valence-electron chi connectivity index (χ2n) is 4.09. The number of carbonyl (C=O) groups is 1. The van der Waals surface area contributed by atoms with E-state index in [9.17, 15) is 20.0 Å². The van der Waals surface area contributed by atoms with E-state index in [1.807, 2.05) is 0 Å². The lowest BCUT2D eigenvalue weighted by Crippen LogP contribution is -2.16. The number of nitro groups is 1. The van der Waals surface area contributed by atoms with E-state index in [0.717, 1.165) is 12.1 Å². The highest BCUT2D eigenvalue weighted by Crippen LogP contribution is 2.22. The summed E-state index contributed by atoms with van der Waals surface area (Å²) in [6.07, 6.45) is 1.19. The maximum Gasteiger partial charge on any atom is 0.307 e. The first-order valence-corrected chi connectivity index (χ1v) is 5.82. The molecule has 1 aromatic heterocycles. The van der Waals surface area contributed by atoms with Crippen molar-refractivity contribution in [1.82, 2.24) is 5.43 Å². The highest BCUT2D eigenvalue weighted by atomic mass is 16.6. The van der Waals surface area contributed by atoms with Gasteiger partial charge in [0.05, 0.1) is 11.1 Å². The molecule has 0 atom stereocenters. The third-order valence-electron chi connectivity index (χ3n) is 2.52. The summed E-state index contributed by atoms with van der Waals surface area (Å²) in [5, 5.41) is 25.5. The molecule has 2 aromatic rings. The third-order valence-corrected chi connectivity index (χ3v) is 2.52. The van der Waals surface area contributed by atoms with Crippen molar-refractivity contribution >= 4 is 17.8 Å². The van der Waals surface area contributed by atoms with Gasteiger partial charge in [0.15, 0.2) is 5.76 Å². The molecule has 0 spiro atoms. The van der Waals surface area contributed by atoms with Crippen LogP contribution in [0.25, 0.3) is 0 Å². The van der Waals surface area contributed by atoms with Gasteiger partial charge in [-0.2, -0.15) is 5.10 Å². The number of benzene rings is 1. The summed E-state index contributed by atoms with van der Waals surface area (Å²) in [7, 11) is 0. The molecule has 0 radical (unpaired) electrons. The largest absolute Gasteiger partial charge is 0.868 e. The topological polar surface area (TPSA) is 121 Å². The van der Waals surface area contributed by atoms with Gasteiger partial charge in [0.25, 0.3) is 5.69 Å². The molecule has 8 heteroatoms. The maximum atomic E-state index is 11.6. The standard InChI is InChI=1S/C13H11N3O5/c1-8-2-5-12(21-8)13(18)15-14-7-9-3-4-11(17)10(6-9)16(19)20/h2-7,17H,1H3,(H,15,18)/p-1/b14-7-. The lowest BCUT2D eigenvalue weighted by atomic mass is 10.2. The predicted molar refractivity (Wildman–Crippen MR) is 71.0 cm³/mol.